The number of carbonyl (C=O) groups excluding carboxylic acids is 1. The molecule has 0 aromatic carbocycles. The Morgan fingerprint density at radius 3 is 3.06 bits per heavy atom. The summed E-state index contributed by atoms with van der Waals surface area (Å²) in [4.78, 5) is 24.5. The number of carboxylic acids is 1. The molecule has 2 rings (SSSR count). The first-order valence-electron chi connectivity index (χ1n) is 6.52. The van der Waals surface area contributed by atoms with Crippen LogP contribution in [-0.2, 0) is 14.3 Å². The summed E-state index contributed by atoms with van der Waals surface area (Å²) in [5.41, 5.74) is 0. The first-order valence-corrected chi connectivity index (χ1v) is 6.52. The van der Waals surface area contributed by atoms with Crippen molar-refractivity contribution in [2.24, 2.45) is 0 Å². The van der Waals surface area contributed by atoms with Gasteiger partial charge in [0.25, 0.3) is 0 Å². The van der Waals surface area contributed by atoms with Gasteiger partial charge in [0, 0.05) is 32.7 Å². The second kappa shape index (κ2) is 6.15. The van der Waals surface area contributed by atoms with Gasteiger partial charge in [-0.1, -0.05) is 0 Å². The van der Waals surface area contributed by atoms with Crippen LogP contribution >= 0.6 is 0 Å². The largest absolute Gasteiger partial charge is 0.481 e. The summed E-state index contributed by atoms with van der Waals surface area (Å²) in [6.45, 7) is 2.84. The number of amides is 1. The fourth-order valence-electron chi connectivity index (χ4n) is 2.50. The lowest BCUT2D eigenvalue weighted by atomic mass is 10.1. The van der Waals surface area contributed by atoms with Crippen LogP contribution in [0.2, 0.25) is 0 Å². The normalized spacial score (nSPS) is 28.7. The minimum absolute atomic E-state index is 0.0120. The molecule has 0 aromatic rings. The van der Waals surface area contributed by atoms with E-state index in [4.69, 9.17) is 9.84 Å². The van der Waals surface area contributed by atoms with E-state index >= 15 is 0 Å². The fraction of sp³-hybridized carbons (Fsp3) is 0.833. The van der Waals surface area contributed by atoms with E-state index in [0.717, 1.165) is 26.0 Å². The summed E-state index contributed by atoms with van der Waals surface area (Å²) < 4.78 is 5.53. The van der Waals surface area contributed by atoms with Crippen molar-refractivity contribution < 1.29 is 19.4 Å². The van der Waals surface area contributed by atoms with E-state index in [1.807, 2.05) is 0 Å². The van der Waals surface area contributed by atoms with Crippen molar-refractivity contribution in [3.8, 4) is 0 Å². The number of aliphatic carboxylic acids is 1. The van der Waals surface area contributed by atoms with Gasteiger partial charge in [-0.3, -0.25) is 9.59 Å². The number of ether oxygens (including phenoxy) is 1. The van der Waals surface area contributed by atoms with Crippen LogP contribution in [-0.4, -0.2) is 60.3 Å². The Morgan fingerprint density at radius 2 is 2.39 bits per heavy atom. The first kappa shape index (κ1) is 13.3. The van der Waals surface area contributed by atoms with Crippen molar-refractivity contribution in [3.05, 3.63) is 0 Å². The zero-order chi connectivity index (χ0) is 13.0. The van der Waals surface area contributed by atoms with E-state index in [1.165, 1.54) is 0 Å². The van der Waals surface area contributed by atoms with E-state index in [9.17, 15) is 9.59 Å². The molecule has 2 heterocycles. The molecule has 2 fully saturated rings. The van der Waals surface area contributed by atoms with Gasteiger partial charge in [0.2, 0.25) is 5.91 Å². The Morgan fingerprint density at radius 1 is 1.56 bits per heavy atom. The lowest BCUT2D eigenvalue weighted by molar-refractivity contribution is -0.139. The van der Waals surface area contributed by atoms with Gasteiger partial charge in [-0.2, -0.15) is 0 Å². The van der Waals surface area contributed by atoms with Crippen LogP contribution in [0, 0.1) is 0 Å². The minimum Gasteiger partial charge on any atom is -0.481 e. The maximum Gasteiger partial charge on any atom is 0.303 e. The van der Waals surface area contributed by atoms with Gasteiger partial charge in [-0.15, -0.1) is 0 Å². The van der Waals surface area contributed by atoms with Crippen LogP contribution < -0.4 is 5.32 Å². The molecular weight excluding hydrogens is 236 g/mol. The molecule has 2 atom stereocenters. The van der Waals surface area contributed by atoms with Crippen LogP contribution in [0.1, 0.15) is 25.7 Å². The van der Waals surface area contributed by atoms with E-state index in [0.29, 0.717) is 19.5 Å². The van der Waals surface area contributed by atoms with Gasteiger partial charge < -0.3 is 20.1 Å². The summed E-state index contributed by atoms with van der Waals surface area (Å²) >= 11 is 0. The Hall–Kier alpha value is -1.14. The van der Waals surface area contributed by atoms with Gasteiger partial charge in [0.1, 0.15) is 0 Å². The third kappa shape index (κ3) is 3.43. The van der Waals surface area contributed by atoms with E-state index < -0.39 is 5.97 Å². The van der Waals surface area contributed by atoms with Gasteiger partial charge in [0.15, 0.2) is 0 Å². The zero-order valence-corrected chi connectivity index (χ0v) is 10.4. The second-order valence-electron chi connectivity index (χ2n) is 4.86. The fourth-order valence-corrected chi connectivity index (χ4v) is 2.50. The maximum atomic E-state index is 12.1. The smallest absolute Gasteiger partial charge is 0.303 e. The lowest BCUT2D eigenvalue weighted by Gasteiger charge is -2.34. The van der Waals surface area contributed by atoms with Crippen molar-refractivity contribution in [1.82, 2.24) is 10.2 Å². The van der Waals surface area contributed by atoms with E-state index in [-0.39, 0.29) is 24.5 Å². The Labute approximate surface area is 106 Å². The molecule has 0 bridgehead atoms. The average molecular weight is 256 g/mol. The van der Waals surface area contributed by atoms with Crippen molar-refractivity contribution in [3.63, 3.8) is 0 Å². The molecule has 2 unspecified atom stereocenters. The highest BCUT2D eigenvalue weighted by atomic mass is 16.5. The Kier molecular flexibility index (Phi) is 4.54. The van der Waals surface area contributed by atoms with Crippen LogP contribution in [0.4, 0.5) is 0 Å². The molecule has 102 valence electrons. The molecule has 6 nitrogen and oxygen atoms in total. The van der Waals surface area contributed by atoms with Gasteiger partial charge in [-0.25, -0.2) is 0 Å². The molecule has 0 aliphatic carbocycles. The Balaban J connectivity index is 1.83. The lowest BCUT2D eigenvalue weighted by Crippen LogP contribution is -2.56. The third-order valence-electron chi connectivity index (χ3n) is 3.48. The van der Waals surface area contributed by atoms with Crippen molar-refractivity contribution in [2.45, 2.75) is 37.8 Å². The van der Waals surface area contributed by atoms with Gasteiger partial charge >= 0.3 is 5.97 Å². The summed E-state index contributed by atoms with van der Waals surface area (Å²) in [7, 11) is 0. The molecule has 2 aliphatic heterocycles. The van der Waals surface area contributed by atoms with Crippen molar-refractivity contribution in [2.75, 3.05) is 26.2 Å². The molecule has 0 saturated carbocycles. The van der Waals surface area contributed by atoms with Crippen LogP contribution in [0.15, 0.2) is 0 Å². The van der Waals surface area contributed by atoms with Crippen molar-refractivity contribution in [1.29, 1.82) is 0 Å². The highest BCUT2D eigenvalue weighted by molar-refractivity contribution is 5.83. The standard InChI is InChI=1S/C12H20N2O4/c15-11(16)4-3-10-12(17)14(6-5-13-10)8-9-2-1-7-18-9/h9-10,13H,1-8H2,(H,15,16). The topological polar surface area (TPSA) is 78.9 Å². The highest BCUT2D eigenvalue weighted by Gasteiger charge is 2.30. The number of nitrogens with zero attached hydrogens (tertiary/aromatic N) is 1. The number of piperazine rings is 1. The van der Waals surface area contributed by atoms with Crippen LogP contribution in [0.3, 0.4) is 0 Å². The molecule has 1 amide bonds. The Bertz CT molecular complexity index is 315. The molecule has 18 heavy (non-hydrogen) atoms. The SMILES string of the molecule is O=C(O)CCC1NCCN(CC2CCCO2)C1=O. The molecular formula is C12H20N2O4. The monoisotopic (exact) mass is 256 g/mol. The zero-order valence-electron chi connectivity index (χ0n) is 10.4. The minimum atomic E-state index is -0.860. The number of carbonyl (C=O) groups is 2. The average Bonchev–Trinajstić information content (AvgIpc) is 2.83. The van der Waals surface area contributed by atoms with Crippen LogP contribution in [0.5, 0.6) is 0 Å². The molecule has 0 radical (unpaired) electrons. The molecule has 2 saturated heterocycles. The number of carboxylic acid groups (broad SMARTS) is 1. The third-order valence-corrected chi connectivity index (χ3v) is 3.48. The predicted molar refractivity (Wildman–Crippen MR) is 64.2 cm³/mol. The molecule has 2 aliphatic rings. The number of hydrogen-bond acceptors (Lipinski definition) is 4. The molecule has 0 spiro atoms. The summed E-state index contributed by atoms with van der Waals surface area (Å²) in [6.07, 6.45) is 2.62. The predicted octanol–water partition coefficient (Wildman–Crippen LogP) is -0.169. The summed E-state index contributed by atoms with van der Waals surface area (Å²) in [5, 5.41) is 11.7. The number of hydrogen-bond donors (Lipinski definition) is 2. The van der Waals surface area contributed by atoms with Gasteiger partial charge in [0.05, 0.1) is 12.1 Å². The first-order chi connectivity index (χ1) is 8.66. The molecule has 2 N–H and O–H groups in total. The quantitative estimate of drug-likeness (QED) is 0.714. The van der Waals surface area contributed by atoms with Crippen LogP contribution in [0.25, 0.3) is 0 Å². The highest BCUT2D eigenvalue weighted by Crippen LogP contribution is 2.15. The molecule has 0 aromatic heterocycles. The summed E-state index contributed by atoms with van der Waals surface area (Å²) in [5.74, 6) is -0.848. The molecule has 6 heteroatoms. The van der Waals surface area contributed by atoms with E-state index in [1.54, 1.807) is 4.90 Å². The van der Waals surface area contributed by atoms with Crippen molar-refractivity contribution >= 4 is 11.9 Å². The van der Waals surface area contributed by atoms with E-state index in [2.05, 4.69) is 5.32 Å². The number of nitrogens with one attached hydrogen (secondary N) is 1. The number of rotatable bonds is 5. The second-order valence-corrected chi connectivity index (χ2v) is 4.86. The summed E-state index contributed by atoms with van der Waals surface area (Å²) in [6, 6.07) is -0.351. The maximum absolute atomic E-state index is 12.1. The van der Waals surface area contributed by atoms with Gasteiger partial charge in [-0.05, 0) is 19.3 Å².